The van der Waals surface area contributed by atoms with Crippen LogP contribution >= 0.6 is 23.2 Å². The second-order valence-corrected chi connectivity index (χ2v) is 15.4. The zero-order valence-corrected chi connectivity index (χ0v) is 30.2. The van der Waals surface area contributed by atoms with Gasteiger partial charge < -0.3 is 23.4 Å². The fourth-order valence-corrected chi connectivity index (χ4v) is 4.07. The summed E-state index contributed by atoms with van der Waals surface area (Å²) in [6.45, 7) is 11.7. The Morgan fingerprint density at radius 2 is 1.36 bits per heavy atom. The van der Waals surface area contributed by atoms with Gasteiger partial charge in [-0.25, -0.2) is 26.0 Å². The molecule has 39 heavy (non-hydrogen) atoms. The van der Waals surface area contributed by atoms with Crippen LogP contribution < -0.4 is 21.7 Å². The summed E-state index contributed by atoms with van der Waals surface area (Å²) >= 11 is 9.53. The second kappa shape index (κ2) is 21.8. The van der Waals surface area contributed by atoms with Gasteiger partial charge in [0.1, 0.15) is 11.0 Å². The van der Waals surface area contributed by atoms with Gasteiger partial charge in [0, 0.05) is 12.3 Å². The Kier molecular flexibility index (Phi) is 23.1. The van der Waals surface area contributed by atoms with Crippen molar-refractivity contribution in [1.82, 2.24) is 4.72 Å². The summed E-state index contributed by atoms with van der Waals surface area (Å²) in [5, 5.41) is 0.194. The van der Waals surface area contributed by atoms with E-state index in [1.54, 1.807) is 6.21 Å². The molecule has 4 rings (SSSR count). The summed E-state index contributed by atoms with van der Waals surface area (Å²) in [6, 6.07) is 20.3. The normalized spacial score (nSPS) is 16.2. The number of alkyl halides is 2. The predicted molar refractivity (Wildman–Crippen MR) is 171 cm³/mol. The molecule has 2 fully saturated rings. The van der Waals surface area contributed by atoms with E-state index in [1.165, 1.54) is 31.2 Å². The van der Waals surface area contributed by atoms with Crippen molar-refractivity contribution in [2.45, 2.75) is 82.8 Å². The predicted octanol–water partition coefficient (Wildman–Crippen LogP) is 4.79. The molecule has 2 aromatic rings. The molecular weight excluding hydrogens is 648 g/mol. The molecule has 1 N–H and O–H groups in total. The average molecular weight is 691 g/mol. The molecule has 2 saturated carbocycles. The molecule has 216 valence electrons. The average Bonchev–Trinajstić information content (AvgIpc) is 3.74. The van der Waals surface area contributed by atoms with Crippen LogP contribution in [0, 0.1) is 12.3 Å². The maximum atomic E-state index is 12.2. The molecule has 0 bridgehead atoms. The van der Waals surface area contributed by atoms with Gasteiger partial charge in [-0.2, -0.15) is 4.40 Å². The molecule has 10 heteroatoms. The molecule has 2 aliphatic rings. The smallest absolute Gasteiger partial charge is 1.00 e. The Labute approximate surface area is 279 Å². The van der Waals surface area contributed by atoms with Crippen molar-refractivity contribution in [2.24, 2.45) is 10.3 Å². The van der Waals surface area contributed by atoms with Gasteiger partial charge in [-0.15, -0.1) is 23.2 Å². The number of nitrogens with zero attached hydrogens (tertiary/aromatic N) is 1. The van der Waals surface area contributed by atoms with Crippen molar-refractivity contribution in [2.75, 3.05) is 5.34 Å². The van der Waals surface area contributed by atoms with E-state index in [4.69, 9.17) is 23.2 Å². The molecule has 0 amide bonds. The molecule has 0 heterocycles. The Morgan fingerprint density at radius 3 is 1.72 bits per heavy atom. The van der Waals surface area contributed by atoms with Crippen LogP contribution in [0.2, 0.25) is 0 Å². The third-order valence-electron chi connectivity index (χ3n) is 4.95. The topological polar surface area (TPSA) is 58.5 Å². The molecule has 2 aromatic carbocycles. The quantitative estimate of drug-likeness (QED) is 0.205. The standard InChI is InChI=1S/C14H21NOS.C11H15NOS.C3H5.CH2Cl2.BrH.Mg/c1-14(2,3)17(16)15-13(12-9-10-12)11-7-5-4-6-8-11;1-11(2,3)14(13)12-9-10-7-5-4-6-8-10;1-2-3-1;2-1-3;;/h4-8,12-13,15H,9-10H2,1-3H3;4-9H,1-3H3;1H,2-3H2;1H2;1H;/q;;-1;;;+2/p-1/t13-,17-;14-;;;;/m11..../s1. The molecule has 3 atom stereocenters. The Hall–Kier alpha value is 0.196. The molecule has 2 aliphatic carbocycles. The second-order valence-electron chi connectivity index (χ2n) is 10.7. The largest absolute Gasteiger partial charge is 2.00 e. The molecule has 0 unspecified atom stereocenters. The van der Waals surface area contributed by atoms with Crippen molar-refractivity contribution in [3.8, 4) is 0 Å². The number of halogens is 3. The molecule has 0 aromatic heterocycles. The van der Waals surface area contributed by atoms with Gasteiger partial charge in [0.2, 0.25) is 0 Å². The Balaban J connectivity index is 0. The first-order chi connectivity index (χ1) is 17.4. The van der Waals surface area contributed by atoms with E-state index in [0.29, 0.717) is 5.92 Å². The third-order valence-corrected chi connectivity index (χ3v) is 7.88. The van der Waals surface area contributed by atoms with Crippen molar-refractivity contribution in [1.29, 1.82) is 0 Å². The maximum absolute atomic E-state index is 12.2. The van der Waals surface area contributed by atoms with Gasteiger partial charge in [0.15, 0.2) is 0 Å². The zero-order valence-electron chi connectivity index (χ0n) is 24.0. The van der Waals surface area contributed by atoms with Gasteiger partial charge in [-0.3, -0.25) is 0 Å². The van der Waals surface area contributed by atoms with Crippen LogP contribution in [0.15, 0.2) is 65.1 Å². The molecule has 0 aliphatic heterocycles. The van der Waals surface area contributed by atoms with E-state index in [0.717, 1.165) is 5.56 Å². The van der Waals surface area contributed by atoms with E-state index in [2.05, 4.69) is 27.7 Å². The van der Waals surface area contributed by atoms with Crippen LogP contribution in [0.3, 0.4) is 0 Å². The van der Waals surface area contributed by atoms with E-state index >= 15 is 0 Å². The van der Waals surface area contributed by atoms with Crippen LogP contribution in [0.5, 0.6) is 0 Å². The minimum atomic E-state index is -1.17. The monoisotopic (exact) mass is 688 g/mol. The first-order valence-corrected chi connectivity index (χ1v) is 15.9. The van der Waals surface area contributed by atoms with Crippen LogP contribution in [0.25, 0.3) is 0 Å². The number of hydrogen-bond acceptors (Lipinski definition) is 2. The van der Waals surface area contributed by atoms with Gasteiger partial charge >= 0.3 is 23.1 Å². The number of benzene rings is 2. The first kappa shape index (κ1) is 41.3. The number of hydrogen-bond donors (Lipinski definition) is 1. The van der Waals surface area contributed by atoms with E-state index in [-0.39, 0.29) is 60.9 Å². The van der Waals surface area contributed by atoms with Gasteiger partial charge in [-0.1, -0.05) is 60.7 Å². The maximum Gasteiger partial charge on any atom is 2.00 e. The molecular formula is C29H43BrCl2MgN2O2S2. The fraction of sp³-hybridized carbons (Fsp3) is 0.517. The molecule has 0 spiro atoms. The minimum Gasteiger partial charge on any atom is -1.00 e. The van der Waals surface area contributed by atoms with Crippen LogP contribution in [0.1, 0.15) is 84.4 Å². The zero-order chi connectivity index (χ0) is 27.9. The first-order valence-electron chi connectivity index (χ1n) is 12.6. The van der Waals surface area contributed by atoms with Crippen LogP contribution in [-0.2, 0) is 22.0 Å². The van der Waals surface area contributed by atoms with E-state index in [9.17, 15) is 8.42 Å². The minimum absolute atomic E-state index is 0. The Bertz CT molecular complexity index is 964. The van der Waals surface area contributed by atoms with Crippen molar-refractivity contribution in [3.05, 3.63) is 78.2 Å². The van der Waals surface area contributed by atoms with Crippen molar-refractivity contribution < 1.29 is 25.4 Å². The molecule has 0 saturated heterocycles. The van der Waals surface area contributed by atoms with Crippen molar-refractivity contribution >= 4 is 74.4 Å². The number of nitrogens with one attached hydrogen (secondary N) is 1. The summed E-state index contributed by atoms with van der Waals surface area (Å²) in [4.78, 5) is 0. The summed E-state index contributed by atoms with van der Waals surface area (Å²) in [5.74, 6) is 0.656. The third kappa shape index (κ3) is 20.7. The summed E-state index contributed by atoms with van der Waals surface area (Å²) in [7, 11) is -2.17. The number of rotatable bonds is 6. The van der Waals surface area contributed by atoms with Crippen LogP contribution in [-0.4, -0.2) is 52.5 Å². The van der Waals surface area contributed by atoms with Crippen LogP contribution in [0.4, 0.5) is 0 Å². The van der Waals surface area contributed by atoms with E-state index < -0.39 is 22.0 Å². The van der Waals surface area contributed by atoms with Crippen molar-refractivity contribution in [3.63, 3.8) is 0 Å². The fourth-order valence-electron chi connectivity index (χ4n) is 2.62. The summed E-state index contributed by atoms with van der Waals surface area (Å²) in [5.41, 5.74) is 2.23. The van der Waals surface area contributed by atoms with Gasteiger partial charge in [0.05, 0.1) is 25.8 Å². The SMILES string of the molecule is CC(C)(C)[S@@](=O)N=Cc1ccccc1.CC(C)(C)[S@@](=O)N[C@H](c1ccccc1)C1CC1.ClCCl.[Br-].[CH-]1CC1.[Mg+2]. The summed E-state index contributed by atoms with van der Waals surface area (Å²) < 4.78 is 30.6. The summed E-state index contributed by atoms with van der Waals surface area (Å²) in [6.07, 6.45) is 9.14. The van der Waals surface area contributed by atoms with E-state index in [1.807, 2.05) is 90.1 Å². The van der Waals surface area contributed by atoms with Gasteiger partial charge in [-0.05, 0) is 71.4 Å². The van der Waals surface area contributed by atoms with Gasteiger partial charge in [0.25, 0.3) is 0 Å². The molecule has 0 radical (unpaired) electrons. The molecule has 4 nitrogen and oxygen atoms in total. The Morgan fingerprint density at radius 1 is 0.923 bits per heavy atom.